The van der Waals surface area contributed by atoms with E-state index in [1.807, 2.05) is 0 Å². The molecule has 0 aromatic heterocycles. The van der Waals surface area contributed by atoms with Gasteiger partial charge in [0.2, 0.25) is 0 Å². The van der Waals surface area contributed by atoms with Crippen LogP contribution in [0.2, 0.25) is 0 Å². The highest BCUT2D eigenvalue weighted by molar-refractivity contribution is 5.85. The molecule has 0 unspecified atom stereocenters. The molecule has 5 rings (SSSR count). The van der Waals surface area contributed by atoms with Gasteiger partial charge < -0.3 is 14.4 Å². The first-order valence-corrected chi connectivity index (χ1v) is 11.7. The molecule has 1 aliphatic carbocycles. The lowest BCUT2D eigenvalue weighted by molar-refractivity contribution is 0.185. The molecular formula is C31H31NO2. The topological polar surface area (TPSA) is 21.7 Å². The number of benzene rings is 4. The van der Waals surface area contributed by atoms with Gasteiger partial charge in [0.15, 0.2) is 0 Å². The fraction of sp³-hybridized carbons (Fsp3) is 0.226. The summed E-state index contributed by atoms with van der Waals surface area (Å²) < 4.78 is 10.6. The smallest absolute Gasteiger partial charge is 0.0713 e. The number of ether oxygens (including phenoxy) is 2. The second kappa shape index (κ2) is 9.09. The van der Waals surface area contributed by atoms with E-state index in [9.17, 15) is 0 Å². The minimum absolute atomic E-state index is 0.0434. The molecule has 0 radical (unpaired) electrons. The third-order valence-corrected chi connectivity index (χ3v) is 6.84. The Labute approximate surface area is 202 Å². The second-order valence-electron chi connectivity index (χ2n) is 9.43. The van der Waals surface area contributed by atoms with Gasteiger partial charge in [0.25, 0.3) is 0 Å². The van der Waals surface area contributed by atoms with Gasteiger partial charge in [-0.3, -0.25) is 0 Å². The molecule has 4 aromatic carbocycles. The monoisotopic (exact) mass is 449 g/mol. The molecule has 0 amide bonds. The van der Waals surface area contributed by atoms with E-state index >= 15 is 0 Å². The molecule has 0 fully saturated rings. The maximum atomic E-state index is 5.31. The first-order valence-electron chi connectivity index (χ1n) is 11.7. The molecular weight excluding hydrogens is 418 g/mol. The molecule has 0 saturated carbocycles. The molecule has 1 aliphatic rings. The first kappa shape index (κ1) is 22.4. The Morgan fingerprint density at radius 2 is 1.09 bits per heavy atom. The third-order valence-electron chi connectivity index (χ3n) is 6.84. The summed E-state index contributed by atoms with van der Waals surface area (Å²) in [5, 5.41) is 0. The zero-order chi connectivity index (χ0) is 23.7. The van der Waals surface area contributed by atoms with Crippen LogP contribution in [0.4, 0.5) is 17.1 Å². The van der Waals surface area contributed by atoms with Gasteiger partial charge in [0.1, 0.15) is 0 Å². The second-order valence-corrected chi connectivity index (χ2v) is 9.43. The highest BCUT2D eigenvalue weighted by Gasteiger charge is 2.35. The Morgan fingerprint density at radius 3 is 1.65 bits per heavy atom. The van der Waals surface area contributed by atoms with Crippen LogP contribution in [0.3, 0.4) is 0 Å². The zero-order valence-corrected chi connectivity index (χ0v) is 20.3. The van der Waals surface area contributed by atoms with Gasteiger partial charge in [0, 0.05) is 36.7 Å². The maximum Gasteiger partial charge on any atom is 0.0713 e. The van der Waals surface area contributed by atoms with Crippen LogP contribution in [0.15, 0.2) is 91.0 Å². The summed E-state index contributed by atoms with van der Waals surface area (Å²) in [5.74, 6) is 0. The number of hydrogen-bond acceptors (Lipinski definition) is 3. The number of nitrogens with zero attached hydrogens (tertiary/aromatic N) is 1. The van der Waals surface area contributed by atoms with Crippen molar-refractivity contribution >= 4 is 17.1 Å². The largest absolute Gasteiger partial charge is 0.380 e. The van der Waals surface area contributed by atoms with Crippen LogP contribution in [-0.4, -0.2) is 14.2 Å². The van der Waals surface area contributed by atoms with Crippen molar-refractivity contribution in [1.82, 2.24) is 0 Å². The molecule has 0 spiro atoms. The van der Waals surface area contributed by atoms with Crippen LogP contribution in [0.1, 0.15) is 36.1 Å². The van der Waals surface area contributed by atoms with Crippen molar-refractivity contribution in [1.29, 1.82) is 0 Å². The number of anilines is 3. The standard InChI is InChI=1S/C31H31NO2/c1-31(2)29-8-6-5-7-27(29)28-18-17-26(19-30(28)31)32(24-13-9-22(10-14-24)20-33-3)25-15-11-23(12-16-25)21-34-4/h5-19H,20-21H2,1-4H3. The van der Waals surface area contributed by atoms with Crippen LogP contribution < -0.4 is 4.90 Å². The van der Waals surface area contributed by atoms with Crippen LogP contribution in [0.5, 0.6) is 0 Å². The normalized spacial score (nSPS) is 13.4. The Hall–Kier alpha value is -3.40. The van der Waals surface area contributed by atoms with Crippen LogP contribution in [-0.2, 0) is 28.1 Å². The quantitative estimate of drug-likeness (QED) is 0.288. The van der Waals surface area contributed by atoms with E-state index < -0.39 is 0 Å². The van der Waals surface area contributed by atoms with Crippen LogP contribution >= 0.6 is 0 Å². The average molecular weight is 450 g/mol. The van der Waals surface area contributed by atoms with Gasteiger partial charge in [0.05, 0.1) is 13.2 Å². The average Bonchev–Trinajstić information content (AvgIpc) is 3.09. The fourth-order valence-corrected chi connectivity index (χ4v) is 5.09. The SMILES string of the molecule is COCc1ccc(N(c2ccc(COC)cc2)c2ccc3c(c2)C(C)(C)c2ccccc2-3)cc1. The van der Waals surface area contributed by atoms with E-state index in [2.05, 4.69) is 110 Å². The van der Waals surface area contributed by atoms with Crippen LogP contribution in [0, 0.1) is 0 Å². The highest BCUT2D eigenvalue weighted by Crippen LogP contribution is 2.50. The molecule has 3 heteroatoms. The Balaban J connectivity index is 1.62. The van der Waals surface area contributed by atoms with E-state index in [4.69, 9.17) is 9.47 Å². The minimum Gasteiger partial charge on any atom is -0.380 e. The van der Waals surface area contributed by atoms with Gasteiger partial charge in [-0.25, -0.2) is 0 Å². The summed E-state index contributed by atoms with van der Waals surface area (Å²) >= 11 is 0. The lowest BCUT2D eigenvalue weighted by Gasteiger charge is -2.28. The van der Waals surface area contributed by atoms with Gasteiger partial charge in [-0.05, 0) is 69.8 Å². The van der Waals surface area contributed by atoms with Gasteiger partial charge in [-0.2, -0.15) is 0 Å². The summed E-state index contributed by atoms with van der Waals surface area (Å²) in [6, 6.07) is 32.9. The van der Waals surface area contributed by atoms with Crippen molar-refractivity contribution < 1.29 is 9.47 Å². The molecule has 34 heavy (non-hydrogen) atoms. The predicted molar refractivity (Wildman–Crippen MR) is 140 cm³/mol. The van der Waals surface area contributed by atoms with Gasteiger partial charge in [-0.15, -0.1) is 0 Å². The van der Waals surface area contributed by atoms with Crippen molar-refractivity contribution in [3.63, 3.8) is 0 Å². The van der Waals surface area contributed by atoms with Gasteiger partial charge in [-0.1, -0.05) is 68.4 Å². The molecule has 0 heterocycles. The lowest BCUT2D eigenvalue weighted by atomic mass is 9.82. The molecule has 0 saturated heterocycles. The van der Waals surface area contributed by atoms with Gasteiger partial charge >= 0.3 is 0 Å². The Kier molecular flexibility index (Phi) is 5.99. The molecule has 0 N–H and O–H groups in total. The third kappa shape index (κ3) is 3.91. The van der Waals surface area contributed by atoms with Crippen molar-refractivity contribution in [2.75, 3.05) is 19.1 Å². The minimum atomic E-state index is -0.0434. The van der Waals surface area contributed by atoms with E-state index in [0.29, 0.717) is 13.2 Å². The number of hydrogen-bond donors (Lipinski definition) is 0. The van der Waals surface area contributed by atoms with E-state index in [-0.39, 0.29) is 5.41 Å². The molecule has 172 valence electrons. The summed E-state index contributed by atoms with van der Waals surface area (Å²) in [6.45, 7) is 5.87. The first-order chi connectivity index (χ1) is 16.5. The summed E-state index contributed by atoms with van der Waals surface area (Å²) in [7, 11) is 3.46. The highest BCUT2D eigenvalue weighted by atomic mass is 16.5. The Morgan fingerprint density at radius 1 is 0.588 bits per heavy atom. The molecule has 0 aliphatic heterocycles. The molecule has 4 aromatic rings. The summed E-state index contributed by atoms with van der Waals surface area (Å²) in [6.07, 6.45) is 0. The Bertz CT molecular complexity index is 1240. The number of rotatable bonds is 7. The number of fused-ring (bicyclic) bond motifs is 3. The number of methoxy groups -OCH3 is 2. The lowest BCUT2D eigenvalue weighted by Crippen LogP contribution is -2.16. The van der Waals surface area contributed by atoms with Crippen molar-refractivity contribution in [3.8, 4) is 11.1 Å². The molecule has 0 atom stereocenters. The fourth-order valence-electron chi connectivity index (χ4n) is 5.09. The predicted octanol–water partition coefficient (Wildman–Crippen LogP) is 7.76. The van der Waals surface area contributed by atoms with Crippen molar-refractivity contribution in [2.45, 2.75) is 32.5 Å². The molecule has 3 nitrogen and oxygen atoms in total. The molecule has 0 bridgehead atoms. The van der Waals surface area contributed by atoms with Crippen LogP contribution in [0.25, 0.3) is 11.1 Å². The van der Waals surface area contributed by atoms with E-state index in [0.717, 1.165) is 28.2 Å². The summed E-state index contributed by atoms with van der Waals surface area (Å²) in [4.78, 5) is 2.33. The maximum absolute atomic E-state index is 5.31. The van der Waals surface area contributed by atoms with Crippen molar-refractivity contribution in [3.05, 3.63) is 113 Å². The van der Waals surface area contributed by atoms with Crippen molar-refractivity contribution in [2.24, 2.45) is 0 Å². The zero-order valence-electron chi connectivity index (χ0n) is 20.3. The van der Waals surface area contributed by atoms with E-state index in [1.165, 1.54) is 22.3 Å². The summed E-state index contributed by atoms with van der Waals surface area (Å²) in [5.41, 5.74) is 11.1. The van der Waals surface area contributed by atoms with E-state index in [1.54, 1.807) is 14.2 Å².